The van der Waals surface area contributed by atoms with Crippen LogP contribution in [0.15, 0.2) is 41.3 Å². The minimum Gasteiger partial charge on any atom is -0.398 e. The van der Waals surface area contributed by atoms with Crippen molar-refractivity contribution in [3.05, 3.63) is 52.0 Å². The van der Waals surface area contributed by atoms with Gasteiger partial charge in [0.2, 0.25) is 5.91 Å². The summed E-state index contributed by atoms with van der Waals surface area (Å²) in [6, 6.07) is 10.8. The molecule has 0 saturated carbocycles. The van der Waals surface area contributed by atoms with E-state index in [1.165, 1.54) is 11.8 Å². The summed E-state index contributed by atoms with van der Waals surface area (Å²) < 4.78 is 0. The second-order valence-electron chi connectivity index (χ2n) is 4.42. The molecule has 0 radical (unpaired) electrons. The van der Waals surface area contributed by atoms with Crippen molar-refractivity contribution in [2.45, 2.75) is 11.8 Å². The van der Waals surface area contributed by atoms with Crippen LogP contribution < -0.4 is 11.1 Å². The molecule has 1 amide bonds. The number of nitrogens with two attached hydrogens (primary N) is 1. The first-order valence-electron chi connectivity index (χ1n) is 6.21. The van der Waals surface area contributed by atoms with Gasteiger partial charge in [-0.25, -0.2) is 0 Å². The van der Waals surface area contributed by atoms with Crippen LogP contribution in [0.3, 0.4) is 0 Å². The van der Waals surface area contributed by atoms with Gasteiger partial charge in [-0.1, -0.05) is 41.4 Å². The Hall–Kier alpha value is -1.36. The summed E-state index contributed by atoms with van der Waals surface area (Å²) in [5.74, 6) is 0.0470. The van der Waals surface area contributed by atoms with Gasteiger partial charge in [-0.05, 0) is 30.7 Å². The Balaban J connectivity index is 2.01. The Bertz CT molecular complexity index is 656. The molecule has 0 spiro atoms. The SMILES string of the molecule is Cc1cccc(SCC(=O)Nc2c(Cl)cccc2Cl)c1N. The van der Waals surface area contributed by atoms with Crippen molar-refractivity contribution in [1.29, 1.82) is 0 Å². The largest absolute Gasteiger partial charge is 0.398 e. The zero-order valence-corrected chi connectivity index (χ0v) is 13.6. The maximum Gasteiger partial charge on any atom is 0.234 e. The zero-order chi connectivity index (χ0) is 15.4. The molecule has 2 aromatic rings. The van der Waals surface area contributed by atoms with Crippen LogP contribution in [0, 0.1) is 6.92 Å². The van der Waals surface area contributed by atoms with Gasteiger partial charge in [0.25, 0.3) is 0 Å². The van der Waals surface area contributed by atoms with E-state index in [4.69, 9.17) is 28.9 Å². The van der Waals surface area contributed by atoms with Crippen LogP contribution in [0.25, 0.3) is 0 Å². The highest BCUT2D eigenvalue weighted by Crippen LogP contribution is 2.31. The molecule has 6 heteroatoms. The van der Waals surface area contributed by atoms with E-state index in [2.05, 4.69) is 5.32 Å². The third-order valence-electron chi connectivity index (χ3n) is 2.87. The number of hydrogen-bond donors (Lipinski definition) is 2. The first-order valence-corrected chi connectivity index (χ1v) is 7.95. The summed E-state index contributed by atoms with van der Waals surface area (Å²) >= 11 is 13.4. The molecule has 0 aromatic heterocycles. The van der Waals surface area contributed by atoms with Crippen LogP contribution in [-0.4, -0.2) is 11.7 Å². The Morgan fingerprint density at radius 1 is 1.19 bits per heavy atom. The number of carbonyl (C=O) groups is 1. The molecule has 0 aliphatic heterocycles. The molecule has 21 heavy (non-hydrogen) atoms. The van der Waals surface area contributed by atoms with Gasteiger partial charge in [0, 0.05) is 10.6 Å². The number of halogens is 2. The maximum atomic E-state index is 12.0. The van der Waals surface area contributed by atoms with Gasteiger partial charge in [0.1, 0.15) is 0 Å². The molecule has 0 aliphatic carbocycles. The minimum atomic E-state index is -0.184. The highest BCUT2D eigenvalue weighted by Gasteiger charge is 2.11. The standard InChI is InChI=1S/C15H14Cl2N2OS/c1-9-4-2-7-12(14(9)18)21-8-13(20)19-15-10(16)5-3-6-11(15)17/h2-7H,8,18H2,1H3,(H,19,20). The molecule has 2 aromatic carbocycles. The summed E-state index contributed by atoms with van der Waals surface area (Å²) in [5, 5.41) is 3.54. The molecular weight excluding hydrogens is 327 g/mol. The highest BCUT2D eigenvalue weighted by molar-refractivity contribution is 8.00. The average Bonchev–Trinajstić information content (AvgIpc) is 2.45. The fraction of sp³-hybridized carbons (Fsp3) is 0.133. The number of thioether (sulfide) groups is 1. The summed E-state index contributed by atoms with van der Waals surface area (Å²) in [7, 11) is 0. The molecule has 0 heterocycles. The predicted octanol–water partition coefficient (Wildman–Crippen LogP) is 4.61. The van der Waals surface area contributed by atoms with Gasteiger partial charge in [0.15, 0.2) is 0 Å². The van der Waals surface area contributed by atoms with E-state index in [0.717, 1.165) is 10.5 Å². The molecule has 2 rings (SSSR count). The number of para-hydroxylation sites is 2. The normalized spacial score (nSPS) is 10.4. The number of carbonyl (C=O) groups excluding carboxylic acids is 1. The molecular formula is C15H14Cl2N2OS. The van der Waals surface area contributed by atoms with Gasteiger partial charge >= 0.3 is 0 Å². The summed E-state index contributed by atoms with van der Waals surface area (Å²) in [5.41, 5.74) is 8.10. The lowest BCUT2D eigenvalue weighted by Gasteiger charge is -2.10. The molecule has 3 nitrogen and oxygen atoms in total. The second kappa shape index (κ2) is 7.07. The first-order chi connectivity index (χ1) is 9.99. The number of anilines is 2. The number of nitrogens with one attached hydrogen (secondary N) is 1. The monoisotopic (exact) mass is 340 g/mol. The third-order valence-corrected chi connectivity index (χ3v) is 4.57. The fourth-order valence-corrected chi connectivity index (χ4v) is 3.06. The Morgan fingerprint density at radius 2 is 1.81 bits per heavy atom. The summed E-state index contributed by atoms with van der Waals surface area (Å²) in [6.45, 7) is 1.93. The summed E-state index contributed by atoms with van der Waals surface area (Å²) in [6.07, 6.45) is 0. The van der Waals surface area contributed by atoms with Crippen molar-refractivity contribution >= 4 is 52.2 Å². The number of benzene rings is 2. The number of nitrogen functional groups attached to an aromatic ring is 1. The molecule has 0 bridgehead atoms. The van der Waals surface area contributed by atoms with Crippen molar-refractivity contribution < 1.29 is 4.79 Å². The van der Waals surface area contributed by atoms with Gasteiger partial charge in [-0.15, -0.1) is 11.8 Å². The third kappa shape index (κ3) is 4.06. The number of aryl methyl sites for hydroxylation is 1. The number of hydrogen-bond acceptors (Lipinski definition) is 3. The minimum absolute atomic E-state index is 0.184. The van der Waals surface area contributed by atoms with E-state index in [-0.39, 0.29) is 11.7 Å². The Kier molecular flexibility index (Phi) is 5.39. The molecule has 0 unspecified atom stereocenters. The van der Waals surface area contributed by atoms with Crippen LogP contribution in [0.5, 0.6) is 0 Å². The lowest BCUT2D eigenvalue weighted by Crippen LogP contribution is -2.14. The molecule has 3 N–H and O–H groups in total. The topological polar surface area (TPSA) is 55.1 Å². The van der Waals surface area contributed by atoms with Crippen LogP contribution in [0.1, 0.15) is 5.56 Å². The predicted molar refractivity (Wildman–Crippen MR) is 91.4 cm³/mol. The van der Waals surface area contributed by atoms with E-state index in [1.807, 2.05) is 25.1 Å². The van der Waals surface area contributed by atoms with E-state index in [9.17, 15) is 4.79 Å². The molecule has 0 atom stereocenters. The van der Waals surface area contributed by atoms with E-state index < -0.39 is 0 Å². The quantitative estimate of drug-likeness (QED) is 0.630. The van der Waals surface area contributed by atoms with Gasteiger partial charge in [0.05, 0.1) is 21.5 Å². The highest BCUT2D eigenvalue weighted by atomic mass is 35.5. The van der Waals surface area contributed by atoms with E-state index in [1.54, 1.807) is 18.2 Å². The average molecular weight is 341 g/mol. The first kappa shape index (κ1) is 16.0. The van der Waals surface area contributed by atoms with Crippen LogP contribution >= 0.6 is 35.0 Å². The van der Waals surface area contributed by atoms with Crippen molar-refractivity contribution in [2.24, 2.45) is 0 Å². The van der Waals surface area contributed by atoms with Gasteiger partial charge in [-0.2, -0.15) is 0 Å². The molecule has 0 aliphatic rings. The molecule has 0 fully saturated rings. The van der Waals surface area contributed by atoms with Crippen LogP contribution in [0.2, 0.25) is 10.0 Å². The maximum absolute atomic E-state index is 12.0. The van der Waals surface area contributed by atoms with Crippen molar-refractivity contribution in [2.75, 3.05) is 16.8 Å². The summed E-state index contributed by atoms with van der Waals surface area (Å²) in [4.78, 5) is 12.9. The fourth-order valence-electron chi connectivity index (χ4n) is 1.72. The van der Waals surface area contributed by atoms with E-state index >= 15 is 0 Å². The van der Waals surface area contributed by atoms with Crippen molar-refractivity contribution in [1.82, 2.24) is 0 Å². The molecule has 110 valence electrons. The number of amides is 1. The Labute approximate surface area is 137 Å². The van der Waals surface area contributed by atoms with Gasteiger partial charge < -0.3 is 11.1 Å². The Morgan fingerprint density at radius 3 is 2.48 bits per heavy atom. The lowest BCUT2D eigenvalue weighted by atomic mass is 10.2. The van der Waals surface area contributed by atoms with Gasteiger partial charge in [-0.3, -0.25) is 4.79 Å². The zero-order valence-electron chi connectivity index (χ0n) is 11.3. The van der Waals surface area contributed by atoms with Crippen LogP contribution in [0.4, 0.5) is 11.4 Å². The van der Waals surface area contributed by atoms with Crippen molar-refractivity contribution in [3.8, 4) is 0 Å². The molecule has 0 saturated heterocycles. The second-order valence-corrected chi connectivity index (χ2v) is 6.25. The van der Waals surface area contributed by atoms with E-state index in [0.29, 0.717) is 21.4 Å². The lowest BCUT2D eigenvalue weighted by molar-refractivity contribution is -0.113. The number of rotatable bonds is 4. The smallest absolute Gasteiger partial charge is 0.234 e. The van der Waals surface area contributed by atoms with Crippen LogP contribution in [-0.2, 0) is 4.79 Å². The van der Waals surface area contributed by atoms with Crippen molar-refractivity contribution in [3.63, 3.8) is 0 Å².